The molecular formula is C41H45Cl5N4O7S2. The minimum atomic E-state index is -4.62. The molecule has 1 aromatic heterocycles. The molecule has 0 aliphatic heterocycles. The molecule has 318 valence electrons. The van der Waals surface area contributed by atoms with Gasteiger partial charge in [0, 0.05) is 22.2 Å². The van der Waals surface area contributed by atoms with Crippen molar-refractivity contribution >= 4 is 89.7 Å². The van der Waals surface area contributed by atoms with Gasteiger partial charge in [-0.25, -0.2) is 17.8 Å². The Morgan fingerprint density at radius 2 is 1.36 bits per heavy atom. The molecule has 1 heterocycles. The van der Waals surface area contributed by atoms with Crippen molar-refractivity contribution in [2.24, 2.45) is 0 Å². The van der Waals surface area contributed by atoms with Crippen LogP contribution in [0.15, 0.2) is 87.4 Å². The third-order valence-corrected chi connectivity index (χ3v) is 14.3. The van der Waals surface area contributed by atoms with E-state index < -0.39 is 31.5 Å². The number of halogens is 5. The van der Waals surface area contributed by atoms with E-state index in [-0.39, 0.29) is 69.5 Å². The van der Waals surface area contributed by atoms with Crippen LogP contribution in [0.3, 0.4) is 0 Å². The summed E-state index contributed by atoms with van der Waals surface area (Å²) in [6, 6.07) is 18.0. The minimum Gasteiger partial charge on any atom is -0.493 e. The minimum absolute atomic E-state index is 0.0162. The van der Waals surface area contributed by atoms with Gasteiger partial charge < -0.3 is 14.2 Å². The molecule has 0 bridgehead atoms. The highest BCUT2D eigenvalue weighted by molar-refractivity contribution is 7.89. The predicted octanol–water partition coefficient (Wildman–Crippen LogP) is 11.5. The van der Waals surface area contributed by atoms with E-state index in [1.807, 2.05) is 6.07 Å². The zero-order chi connectivity index (χ0) is 43.5. The summed E-state index contributed by atoms with van der Waals surface area (Å²) in [6.07, 6.45) is 3.00. The van der Waals surface area contributed by atoms with Crippen LogP contribution in [0.4, 0.5) is 11.5 Å². The van der Waals surface area contributed by atoms with Crippen LogP contribution in [0, 0.1) is 0 Å². The molecule has 18 heteroatoms. The number of hydrogen-bond acceptors (Lipinski definition) is 8. The van der Waals surface area contributed by atoms with Gasteiger partial charge in [-0.3, -0.25) is 9.89 Å². The van der Waals surface area contributed by atoms with Gasteiger partial charge >= 0.3 is 15.7 Å². The monoisotopic (exact) mass is 944 g/mol. The van der Waals surface area contributed by atoms with Crippen LogP contribution >= 0.6 is 58.0 Å². The summed E-state index contributed by atoms with van der Waals surface area (Å²) in [7, 11) is -8.70. The van der Waals surface area contributed by atoms with E-state index in [4.69, 9.17) is 66.9 Å². The summed E-state index contributed by atoms with van der Waals surface area (Å²) in [5.74, 6) is -0.243. The Bertz CT molecular complexity index is 2590. The molecule has 4 aromatic carbocycles. The van der Waals surface area contributed by atoms with Crippen LogP contribution in [0.2, 0.25) is 25.1 Å². The molecule has 5 rings (SSSR count). The molecule has 0 saturated heterocycles. The van der Waals surface area contributed by atoms with Crippen molar-refractivity contribution in [1.29, 1.82) is 0 Å². The second-order valence-corrected chi connectivity index (χ2v) is 20.5. The Balaban J connectivity index is 1.34. The van der Waals surface area contributed by atoms with E-state index in [9.17, 15) is 21.6 Å². The molecule has 0 spiro atoms. The van der Waals surface area contributed by atoms with Crippen molar-refractivity contribution in [2.75, 3.05) is 18.5 Å². The number of hydrogen-bond donors (Lipinski definition) is 3. The Hall–Kier alpha value is -3.40. The van der Waals surface area contributed by atoms with Crippen LogP contribution < -0.4 is 24.5 Å². The lowest BCUT2D eigenvalue weighted by atomic mass is 9.76. The molecule has 0 aliphatic rings. The third kappa shape index (κ3) is 10.9. The summed E-state index contributed by atoms with van der Waals surface area (Å²) in [6.45, 7) is 13.7. The van der Waals surface area contributed by atoms with E-state index in [1.165, 1.54) is 60.2 Å². The van der Waals surface area contributed by atoms with Gasteiger partial charge in [0.2, 0.25) is 10.0 Å². The maximum absolute atomic E-state index is 13.8. The van der Waals surface area contributed by atoms with Crippen LogP contribution in [-0.4, -0.2) is 39.8 Å². The molecule has 11 nitrogen and oxygen atoms in total. The molecule has 59 heavy (non-hydrogen) atoms. The predicted molar refractivity (Wildman–Crippen MR) is 238 cm³/mol. The fourth-order valence-electron chi connectivity index (χ4n) is 5.85. The SMILES string of the molecule is CCC(C)(C)c1ccc(OCCCCNS(=O)(=O)c2ccc(Cl)c(Nc3[nH]n(-c4c(Cl)cc(Cl)cc4Cl)c(=O)c3OS(=O)(=O)c3ccc(Cl)cc3)c2)c(C(C)(C)CC)c1. The molecule has 5 aromatic rings. The summed E-state index contributed by atoms with van der Waals surface area (Å²) < 4.78 is 68.8. The molecule has 0 fully saturated rings. The molecule has 0 saturated carbocycles. The first-order valence-corrected chi connectivity index (χ1v) is 23.4. The van der Waals surface area contributed by atoms with Gasteiger partial charge in [0.15, 0.2) is 5.82 Å². The molecule has 0 atom stereocenters. The van der Waals surface area contributed by atoms with Crippen LogP contribution in [0.5, 0.6) is 11.5 Å². The number of anilines is 2. The summed E-state index contributed by atoms with van der Waals surface area (Å²) >= 11 is 31.3. The maximum Gasteiger partial charge on any atom is 0.339 e. The Morgan fingerprint density at radius 3 is 1.98 bits per heavy atom. The van der Waals surface area contributed by atoms with Crippen LogP contribution in [0.1, 0.15) is 78.4 Å². The highest BCUT2D eigenvalue weighted by Crippen LogP contribution is 2.39. The van der Waals surface area contributed by atoms with Gasteiger partial charge in [0.1, 0.15) is 16.3 Å². The largest absolute Gasteiger partial charge is 0.493 e. The fraction of sp³-hybridized carbons (Fsp3) is 0.341. The van der Waals surface area contributed by atoms with Gasteiger partial charge in [-0.05, 0) is 103 Å². The molecule has 0 radical (unpaired) electrons. The van der Waals surface area contributed by atoms with Gasteiger partial charge in [-0.15, -0.1) is 0 Å². The molecular weight excluding hydrogens is 902 g/mol. The Kier molecular flexibility index (Phi) is 14.8. The number of nitrogens with zero attached hydrogens (tertiary/aromatic N) is 1. The van der Waals surface area contributed by atoms with Crippen molar-refractivity contribution in [3.63, 3.8) is 0 Å². The van der Waals surface area contributed by atoms with Crippen LogP contribution in [-0.2, 0) is 31.0 Å². The second-order valence-electron chi connectivity index (χ2n) is 15.1. The lowest BCUT2D eigenvalue weighted by Gasteiger charge is -2.30. The van der Waals surface area contributed by atoms with Crippen LogP contribution in [0.25, 0.3) is 5.69 Å². The first kappa shape index (κ1) is 46.7. The van der Waals surface area contributed by atoms with Gasteiger partial charge in [0.25, 0.3) is 5.75 Å². The molecule has 0 unspecified atom stereocenters. The normalized spacial score (nSPS) is 12.5. The summed E-state index contributed by atoms with van der Waals surface area (Å²) in [5.41, 5.74) is 1.22. The standard InChI is InChI=1S/C41H45Cl5N4O7S2/c1-7-40(3,4)25-11-18-35(30(21-25)41(5,6)8-2)56-20-10-9-19-47-58(52,53)29-16-17-31(44)34(24-29)48-38-37(57-59(54,55)28-14-12-26(42)13-15-28)39(51)50(49-38)36-32(45)22-27(43)23-33(36)46/h11-18,21-24,47-49H,7-10,19-20H2,1-6H3. The highest BCUT2D eigenvalue weighted by atomic mass is 35.5. The Labute approximate surface area is 370 Å². The summed E-state index contributed by atoms with van der Waals surface area (Å²) in [5, 5.41) is 5.90. The van der Waals surface area contributed by atoms with Crippen molar-refractivity contribution in [3.8, 4) is 17.2 Å². The molecule has 3 N–H and O–H groups in total. The molecule has 0 amide bonds. The Morgan fingerprint density at radius 1 is 0.729 bits per heavy atom. The van der Waals surface area contributed by atoms with Crippen molar-refractivity contribution in [1.82, 2.24) is 14.5 Å². The lowest BCUT2D eigenvalue weighted by molar-refractivity contribution is 0.296. The first-order valence-electron chi connectivity index (χ1n) is 18.6. The smallest absolute Gasteiger partial charge is 0.339 e. The number of ether oxygens (including phenoxy) is 1. The quantitative estimate of drug-likeness (QED) is 0.0581. The van der Waals surface area contributed by atoms with Crippen molar-refractivity contribution < 1.29 is 25.8 Å². The highest BCUT2D eigenvalue weighted by Gasteiger charge is 2.29. The second kappa shape index (κ2) is 18.7. The number of nitrogens with one attached hydrogen (secondary N) is 3. The van der Waals surface area contributed by atoms with Crippen molar-refractivity contribution in [3.05, 3.63) is 119 Å². The lowest BCUT2D eigenvalue weighted by Crippen LogP contribution is -2.25. The van der Waals surface area contributed by atoms with Gasteiger partial charge in [-0.1, -0.05) is 112 Å². The zero-order valence-electron chi connectivity index (χ0n) is 33.2. The number of aromatic nitrogens is 2. The molecule has 0 aliphatic carbocycles. The summed E-state index contributed by atoms with van der Waals surface area (Å²) in [4.78, 5) is 13.4. The van der Waals surface area contributed by atoms with E-state index in [2.05, 4.69) is 68.8 Å². The number of benzene rings is 4. The number of unbranched alkanes of at least 4 members (excludes halogenated alkanes) is 1. The average Bonchev–Trinajstić information content (AvgIpc) is 3.45. The average molecular weight is 947 g/mol. The number of aromatic amines is 1. The number of rotatable bonds is 18. The topological polar surface area (TPSA) is 149 Å². The van der Waals surface area contributed by atoms with E-state index in [1.54, 1.807) is 0 Å². The zero-order valence-corrected chi connectivity index (χ0v) is 38.6. The van der Waals surface area contributed by atoms with E-state index >= 15 is 0 Å². The third-order valence-electron chi connectivity index (χ3n) is 10.2. The van der Waals surface area contributed by atoms with Gasteiger partial charge in [0.05, 0.1) is 32.3 Å². The first-order chi connectivity index (χ1) is 27.6. The van der Waals surface area contributed by atoms with Crippen molar-refractivity contribution in [2.45, 2.75) is 87.8 Å². The number of sulfonamides is 1. The van der Waals surface area contributed by atoms with E-state index in [0.717, 1.165) is 28.8 Å². The maximum atomic E-state index is 13.8. The number of H-pyrrole nitrogens is 1. The fourth-order valence-corrected chi connectivity index (χ4v) is 9.17. The van der Waals surface area contributed by atoms with E-state index in [0.29, 0.717) is 19.4 Å². The van der Waals surface area contributed by atoms with Gasteiger partial charge in [-0.2, -0.15) is 8.42 Å².